The molecule has 2 aromatic carbocycles. The number of aromatic amines is 1. The highest BCUT2D eigenvalue weighted by atomic mass is 16.2. The number of para-hydroxylation sites is 1. The van der Waals surface area contributed by atoms with Gasteiger partial charge in [-0.25, -0.2) is 4.79 Å². The van der Waals surface area contributed by atoms with E-state index in [0.29, 0.717) is 5.69 Å². The standard InChI is InChI=1S/C19H18N4O3/c24-17(10-12-23-13-11-18(25)22-19(23)26)21-16-8-6-15(7-9-16)20-14-4-2-1-3-5-14/h1-9,11,13,20H,10,12H2,(H,21,24)(H,22,25,26). The minimum Gasteiger partial charge on any atom is -0.356 e. The molecule has 132 valence electrons. The van der Waals surface area contributed by atoms with E-state index in [1.807, 2.05) is 42.5 Å². The Labute approximate surface area is 149 Å². The van der Waals surface area contributed by atoms with E-state index in [4.69, 9.17) is 0 Å². The molecule has 7 heteroatoms. The molecule has 26 heavy (non-hydrogen) atoms. The minimum atomic E-state index is -0.526. The van der Waals surface area contributed by atoms with Gasteiger partial charge in [-0.15, -0.1) is 0 Å². The van der Waals surface area contributed by atoms with Crippen molar-refractivity contribution >= 4 is 23.0 Å². The number of hydrogen-bond donors (Lipinski definition) is 3. The molecule has 0 aliphatic carbocycles. The molecule has 0 radical (unpaired) electrons. The normalized spacial score (nSPS) is 10.3. The summed E-state index contributed by atoms with van der Waals surface area (Å²) in [5.74, 6) is -0.216. The van der Waals surface area contributed by atoms with Crippen LogP contribution in [0.2, 0.25) is 0 Å². The lowest BCUT2D eigenvalue weighted by atomic mass is 10.2. The van der Waals surface area contributed by atoms with Crippen molar-refractivity contribution in [2.45, 2.75) is 13.0 Å². The van der Waals surface area contributed by atoms with Crippen LogP contribution >= 0.6 is 0 Å². The fourth-order valence-corrected chi connectivity index (χ4v) is 2.39. The SMILES string of the molecule is O=C(CCn1ccc(=O)[nH]c1=O)Nc1ccc(Nc2ccccc2)cc1. The predicted octanol–water partition coefficient (Wildman–Crippen LogP) is 2.31. The molecule has 3 aromatic rings. The van der Waals surface area contributed by atoms with E-state index < -0.39 is 11.2 Å². The minimum absolute atomic E-state index is 0.121. The van der Waals surface area contributed by atoms with Gasteiger partial charge in [0.1, 0.15) is 0 Å². The topological polar surface area (TPSA) is 96.0 Å². The third kappa shape index (κ3) is 4.70. The van der Waals surface area contributed by atoms with Crippen LogP contribution in [0.1, 0.15) is 6.42 Å². The highest BCUT2D eigenvalue weighted by Gasteiger charge is 2.04. The first-order chi connectivity index (χ1) is 12.6. The summed E-state index contributed by atoms with van der Waals surface area (Å²) in [4.78, 5) is 36.8. The van der Waals surface area contributed by atoms with Crippen molar-refractivity contribution in [1.82, 2.24) is 9.55 Å². The zero-order chi connectivity index (χ0) is 18.4. The van der Waals surface area contributed by atoms with Crippen LogP contribution in [0.3, 0.4) is 0 Å². The van der Waals surface area contributed by atoms with E-state index in [1.165, 1.54) is 16.8 Å². The first-order valence-electron chi connectivity index (χ1n) is 8.12. The summed E-state index contributed by atoms with van der Waals surface area (Å²) in [5, 5.41) is 6.04. The smallest absolute Gasteiger partial charge is 0.328 e. The van der Waals surface area contributed by atoms with Gasteiger partial charge < -0.3 is 15.2 Å². The number of amides is 1. The highest BCUT2D eigenvalue weighted by molar-refractivity contribution is 5.90. The van der Waals surface area contributed by atoms with Crippen molar-refractivity contribution in [3.05, 3.63) is 87.7 Å². The van der Waals surface area contributed by atoms with E-state index in [0.717, 1.165) is 11.4 Å². The first kappa shape index (κ1) is 17.2. The Hall–Kier alpha value is -3.61. The number of carbonyl (C=O) groups excluding carboxylic acids is 1. The van der Waals surface area contributed by atoms with Crippen molar-refractivity contribution in [1.29, 1.82) is 0 Å². The van der Waals surface area contributed by atoms with Crippen molar-refractivity contribution in [2.24, 2.45) is 0 Å². The molecule has 1 aromatic heterocycles. The van der Waals surface area contributed by atoms with Gasteiger partial charge in [0.05, 0.1) is 0 Å². The van der Waals surface area contributed by atoms with Crippen LogP contribution in [0, 0.1) is 0 Å². The van der Waals surface area contributed by atoms with Crippen LogP contribution in [0.5, 0.6) is 0 Å². The highest BCUT2D eigenvalue weighted by Crippen LogP contribution is 2.18. The van der Waals surface area contributed by atoms with Crippen molar-refractivity contribution in [3.63, 3.8) is 0 Å². The Bertz CT molecular complexity index is 992. The van der Waals surface area contributed by atoms with E-state index in [2.05, 4.69) is 15.6 Å². The molecule has 1 amide bonds. The second kappa shape index (κ2) is 7.98. The van der Waals surface area contributed by atoms with Gasteiger partial charge in [-0.05, 0) is 36.4 Å². The first-order valence-corrected chi connectivity index (χ1v) is 8.12. The molecule has 0 fully saturated rings. The molecule has 7 nitrogen and oxygen atoms in total. The number of rotatable bonds is 6. The fraction of sp³-hybridized carbons (Fsp3) is 0.105. The maximum atomic E-state index is 12.0. The summed E-state index contributed by atoms with van der Waals surface area (Å²) >= 11 is 0. The van der Waals surface area contributed by atoms with Gasteiger partial charge >= 0.3 is 5.69 Å². The number of nitrogens with one attached hydrogen (secondary N) is 3. The number of hydrogen-bond acceptors (Lipinski definition) is 4. The van der Waals surface area contributed by atoms with Gasteiger partial charge in [0, 0.05) is 42.3 Å². The van der Waals surface area contributed by atoms with Crippen LogP contribution in [0.25, 0.3) is 0 Å². The van der Waals surface area contributed by atoms with Crippen molar-refractivity contribution < 1.29 is 4.79 Å². The lowest BCUT2D eigenvalue weighted by Gasteiger charge is -2.09. The molecule has 0 aliphatic heterocycles. The van der Waals surface area contributed by atoms with E-state index in [9.17, 15) is 14.4 Å². The van der Waals surface area contributed by atoms with Gasteiger partial charge in [-0.1, -0.05) is 18.2 Å². The molecule has 0 bridgehead atoms. The van der Waals surface area contributed by atoms with Gasteiger partial charge in [0.2, 0.25) is 5.91 Å². The maximum absolute atomic E-state index is 12.0. The van der Waals surface area contributed by atoms with Crippen LogP contribution < -0.4 is 21.9 Å². The number of nitrogens with zero attached hydrogens (tertiary/aromatic N) is 1. The number of carbonyl (C=O) groups is 1. The summed E-state index contributed by atoms with van der Waals surface area (Å²) < 4.78 is 1.29. The van der Waals surface area contributed by atoms with E-state index >= 15 is 0 Å². The van der Waals surface area contributed by atoms with Crippen LogP contribution in [-0.4, -0.2) is 15.5 Å². The van der Waals surface area contributed by atoms with Crippen molar-refractivity contribution in [2.75, 3.05) is 10.6 Å². The quantitative estimate of drug-likeness (QED) is 0.636. The van der Waals surface area contributed by atoms with Crippen LogP contribution in [0.4, 0.5) is 17.1 Å². The molecule has 0 unspecified atom stereocenters. The van der Waals surface area contributed by atoms with Gasteiger partial charge in [0.15, 0.2) is 0 Å². The van der Waals surface area contributed by atoms with Crippen molar-refractivity contribution in [3.8, 4) is 0 Å². The molecule has 1 heterocycles. The molecular weight excluding hydrogens is 332 g/mol. The third-order valence-corrected chi connectivity index (χ3v) is 3.71. The largest absolute Gasteiger partial charge is 0.356 e. The summed E-state index contributed by atoms with van der Waals surface area (Å²) in [7, 11) is 0. The molecule has 0 saturated heterocycles. The third-order valence-electron chi connectivity index (χ3n) is 3.71. The number of H-pyrrole nitrogens is 1. The lowest BCUT2D eigenvalue weighted by Crippen LogP contribution is -2.29. The molecular formula is C19H18N4O3. The molecule has 0 saturated carbocycles. The Morgan fingerprint density at radius 2 is 1.54 bits per heavy atom. The Morgan fingerprint density at radius 3 is 2.23 bits per heavy atom. The second-order valence-corrected chi connectivity index (χ2v) is 5.67. The summed E-state index contributed by atoms with van der Waals surface area (Å²) in [6, 6.07) is 18.4. The van der Waals surface area contributed by atoms with E-state index in [-0.39, 0.29) is 18.9 Å². The monoisotopic (exact) mass is 350 g/mol. The summed E-state index contributed by atoms with van der Waals surface area (Å²) in [6.07, 6.45) is 1.49. The molecule has 3 N–H and O–H groups in total. The van der Waals surface area contributed by atoms with Crippen LogP contribution in [-0.2, 0) is 11.3 Å². The predicted molar refractivity (Wildman–Crippen MR) is 101 cm³/mol. The fourth-order valence-electron chi connectivity index (χ4n) is 2.39. The molecule has 0 atom stereocenters. The lowest BCUT2D eigenvalue weighted by molar-refractivity contribution is -0.116. The van der Waals surface area contributed by atoms with Gasteiger partial charge in [0.25, 0.3) is 5.56 Å². The van der Waals surface area contributed by atoms with Crippen LogP contribution in [0.15, 0.2) is 76.4 Å². The number of aromatic nitrogens is 2. The zero-order valence-corrected chi connectivity index (χ0v) is 13.9. The summed E-state index contributed by atoms with van der Waals surface area (Å²) in [6.45, 7) is 0.190. The Balaban J connectivity index is 1.54. The van der Waals surface area contributed by atoms with Gasteiger partial charge in [-0.2, -0.15) is 0 Å². The molecule has 3 rings (SSSR count). The number of anilines is 3. The number of aryl methyl sites for hydroxylation is 1. The average Bonchev–Trinajstić information content (AvgIpc) is 2.63. The zero-order valence-electron chi connectivity index (χ0n) is 13.9. The summed E-state index contributed by atoms with van der Waals surface area (Å²) in [5.41, 5.74) is 1.58. The Kier molecular flexibility index (Phi) is 5.28. The molecule has 0 aliphatic rings. The second-order valence-electron chi connectivity index (χ2n) is 5.67. The maximum Gasteiger partial charge on any atom is 0.328 e. The molecule has 0 spiro atoms. The average molecular weight is 350 g/mol. The van der Waals surface area contributed by atoms with E-state index in [1.54, 1.807) is 12.1 Å². The number of benzene rings is 2. The Morgan fingerprint density at radius 1 is 0.885 bits per heavy atom. The van der Waals surface area contributed by atoms with Gasteiger partial charge in [-0.3, -0.25) is 14.6 Å².